The molecule has 12 heavy (non-hydrogen) atoms. The number of halogens is 1. The maximum Gasteiger partial charge on any atom is 0.313 e. The number of hydrogen-bond donors (Lipinski definition) is 1. The molecule has 0 atom stereocenters. The predicted molar refractivity (Wildman–Crippen MR) is 40.1 cm³/mol. The summed E-state index contributed by atoms with van der Waals surface area (Å²) in [6.07, 6.45) is -0.145. The van der Waals surface area contributed by atoms with E-state index in [0.717, 1.165) is 0 Å². The predicted octanol–water partition coefficient (Wildman–Crippen LogP) is 0.337. The first-order chi connectivity index (χ1) is 5.65. The number of carbonyl (C=O) groups is 1. The van der Waals surface area contributed by atoms with E-state index in [1.165, 1.54) is 7.11 Å². The molecule has 0 unspecified atom stereocenters. The van der Waals surface area contributed by atoms with Gasteiger partial charge in [0.1, 0.15) is 11.4 Å². The van der Waals surface area contributed by atoms with E-state index in [0.29, 0.717) is 0 Å². The maximum atomic E-state index is 10.7. The zero-order valence-corrected chi connectivity index (χ0v) is 6.97. The second kappa shape index (κ2) is 3.44. The van der Waals surface area contributed by atoms with Gasteiger partial charge >= 0.3 is 5.97 Å². The molecule has 1 rings (SSSR count). The molecule has 1 aromatic heterocycles. The van der Waals surface area contributed by atoms with E-state index in [-0.39, 0.29) is 17.2 Å². The van der Waals surface area contributed by atoms with Crippen molar-refractivity contribution in [2.45, 2.75) is 6.42 Å². The third-order valence-electron chi connectivity index (χ3n) is 1.24. The van der Waals surface area contributed by atoms with Gasteiger partial charge in [-0.15, -0.1) is 0 Å². The van der Waals surface area contributed by atoms with E-state index in [2.05, 4.69) is 9.26 Å². The minimum absolute atomic E-state index is 0.0912. The highest BCUT2D eigenvalue weighted by Gasteiger charge is 2.13. The van der Waals surface area contributed by atoms with Gasteiger partial charge in [0.25, 0.3) is 5.56 Å². The molecule has 6 heteroatoms. The van der Waals surface area contributed by atoms with Gasteiger partial charge in [0.15, 0.2) is 5.76 Å². The van der Waals surface area contributed by atoms with Crippen molar-refractivity contribution in [2.24, 2.45) is 0 Å². The number of aromatic amines is 1. The minimum atomic E-state index is -0.546. The van der Waals surface area contributed by atoms with Crippen LogP contribution in [0.5, 0.6) is 0 Å². The van der Waals surface area contributed by atoms with Gasteiger partial charge < -0.3 is 9.26 Å². The molecular weight excluding hydrogens is 186 g/mol. The lowest BCUT2D eigenvalue weighted by Gasteiger charge is -1.93. The van der Waals surface area contributed by atoms with Gasteiger partial charge in [0.05, 0.1) is 7.11 Å². The second-order valence-corrected chi connectivity index (χ2v) is 2.40. The number of esters is 1. The second-order valence-electron chi connectivity index (χ2n) is 2.02. The van der Waals surface area contributed by atoms with Crippen molar-refractivity contribution in [1.82, 2.24) is 5.16 Å². The first kappa shape index (κ1) is 8.86. The monoisotopic (exact) mass is 191 g/mol. The number of methoxy groups -OCH3 is 1. The highest BCUT2D eigenvalue weighted by molar-refractivity contribution is 6.31. The molecule has 0 bridgehead atoms. The summed E-state index contributed by atoms with van der Waals surface area (Å²) < 4.78 is 8.94. The minimum Gasteiger partial charge on any atom is -0.469 e. The molecule has 1 aromatic rings. The van der Waals surface area contributed by atoms with Crippen molar-refractivity contribution < 1.29 is 14.1 Å². The smallest absolute Gasteiger partial charge is 0.313 e. The first-order valence-corrected chi connectivity index (χ1v) is 3.45. The average molecular weight is 192 g/mol. The molecule has 0 amide bonds. The van der Waals surface area contributed by atoms with E-state index >= 15 is 0 Å². The summed E-state index contributed by atoms with van der Waals surface area (Å²) in [5, 5.41) is 1.89. The average Bonchev–Trinajstić information content (AvgIpc) is 2.36. The number of H-pyrrole nitrogens is 1. The van der Waals surface area contributed by atoms with Crippen LogP contribution >= 0.6 is 11.6 Å². The summed E-state index contributed by atoms with van der Waals surface area (Å²) in [6, 6.07) is 0. The molecule has 0 saturated carbocycles. The van der Waals surface area contributed by atoms with Gasteiger partial charge in [-0.3, -0.25) is 9.59 Å². The number of ether oxygens (including phenoxy) is 1. The molecule has 0 fully saturated rings. The number of aromatic nitrogens is 1. The summed E-state index contributed by atoms with van der Waals surface area (Å²) >= 11 is 5.46. The number of hydrogen-bond acceptors (Lipinski definition) is 4. The normalized spacial score (nSPS) is 9.83. The molecule has 1 N–H and O–H groups in total. The van der Waals surface area contributed by atoms with Crippen molar-refractivity contribution in [3.63, 3.8) is 0 Å². The van der Waals surface area contributed by atoms with Crippen LogP contribution < -0.4 is 5.56 Å². The zero-order valence-electron chi connectivity index (χ0n) is 6.22. The lowest BCUT2D eigenvalue weighted by Crippen LogP contribution is -2.05. The molecule has 0 aliphatic heterocycles. The van der Waals surface area contributed by atoms with Gasteiger partial charge in [-0.05, 0) is 0 Å². The van der Waals surface area contributed by atoms with Crippen LogP contribution in [-0.2, 0) is 16.0 Å². The Kier molecular flexibility index (Phi) is 2.54. The Bertz CT molecular complexity index is 340. The maximum absolute atomic E-state index is 10.7. The summed E-state index contributed by atoms with van der Waals surface area (Å²) in [7, 11) is 1.24. The van der Waals surface area contributed by atoms with Crippen LogP contribution in [0.15, 0.2) is 9.32 Å². The SMILES string of the molecule is COC(=O)Cc1o[nH]c(=O)c1Cl. The standard InChI is InChI=1S/C6H6ClNO4/c1-11-4(9)2-3-5(7)6(10)8-12-3/h2H2,1H3,(H,8,10). The highest BCUT2D eigenvalue weighted by atomic mass is 35.5. The third-order valence-corrected chi connectivity index (χ3v) is 1.63. The molecule has 1 heterocycles. The van der Waals surface area contributed by atoms with E-state index in [9.17, 15) is 9.59 Å². The van der Waals surface area contributed by atoms with E-state index in [1.54, 1.807) is 0 Å². The molecule has 0 aliphatic rings. The van der Waals surface area contributed by atoms with Crippen molar-refractivity contribution >= 4 is 17.6 Å². The summed E-state index contributed by atoms with van der Waals surface area (Å²) in [5.41, 5.74) is -0.546. The lowest BCUT2D eigenvalue weighted by molar-refractivity contribution is -0.140. The molecule has 0 radical (unpaired) electrons. The number of nitrogens with one attached hydrogen (secondary N) is 1. The van der Waals surface area contributed by atoms with Crippen molar-refractivity contribution in [2.75, 3.05) is 7.11 Å². The van der Waals surface area contributed by atoms with Gasteiger partial charge in [0, 0.05) is 0 Å². The Morgan fingerprint density at radius 3 is 2.83 bits per heavy atom. The summed E-state index contributed by atoms with van der Waals surface area (Å²) in [4.78, 5) is 21.4. The van der Waals surface area contributed by atoms with Crippen molar-refractivity contribution in [1.29, 1.82) is 0 Å². The molecule has 0 spiro atoms. The van der Waals surface area contributed by atoms with Crippen LogP contribution in [0.3, 0.4) is 0 Å². The lowest BCUT2D eigenvalue weighted by atomic mass is 10.3. The molecule has 66 valence electrons. The molecule has 0 aliphatic carbocycles. The van der Waals surface area contributed by atoms with E-state index in [4.69, 9.17) is 11.6 Å². The van der Waals surface area contributed by atoms with Gasteiger partial charge in [-0.25, -0.2) is 0 Å². The first-order valence-electron chi connectivity index (χ1n) is 3.07. The fraction of sp³-hybridized carbons (Fsp3) is 0.333. The molecule has 0 saturated heterocycles. The topological polar surface area (TPSA) is 72.3 Å². The zero-order chi connectivity index (χ0) is 9.14. The Labute approximate surface area is 72.2 Å². The van der Waals surface area contributed by atoms with E-state index in [1.807, 2.05) is 5.16 Å². The Morgan fingerprint density at radius 2 is 2.42 bits per heavy atom. The van der Waals surface area contributed by atoms with Crippen LogP contribution in [0.4, 0.5) is 0 Å². The van der Waals surface area contributed by atoms with Gasteiger partial charge in [-0.1, -0.05) is 11.6 Å². The van der Waals surface area contributed by atoms with Gasteiger partial charge in [-0.2, -0.15) is 5.16 Å². The van der Waals surface area contributed by atoms with Crippen molar-refractivity contribution in [3.8, 4) is 0 Å². The fourth-order valence-electron chi connectivity index (χ4n) is 0.641. The molecule has 0 aromatic carbocycles. The largest absolute Gasteiger partial charge is 0.469 e. The molecular formula is C6H6ClNO4. The summed E-state index contributed by atoms with van der Waals surface area (Å²) in [5.74, 6) is -0.423. The van der Waals surface area contributed by atoms with Crippen LogP contribution in [0.1, 0.15) is 5.76 Å². The Hall–Kier alpha value is -1.23. The van der Waals surface area contributed by atoms with Gasteiger partial charge in [0.2, 0.25) is 0 Å². The summed E-state index contributed by atoms with van der Waals surface area (Å²) in [6.45, 7) is 0. The van der Waals surface area contributed by atoms with Crippen LogP contribution in [0.2, 0.25) is 5.02 Å². The number of carbonyl (C=O) groups excluding carboxylic acids is 1. The molecule has 5 nitrogen and oxygen atoms in total. The quantitative estimate of drug-likeness (QED) is 0.684. The number of rotatable bonds is 2. The third kappa shape index (κ3) is 1.68. The van der Waals surface area contributed by atoms with Crippen LogP contribution in [-0.4, -0.2) is 18.2 Å². The fourth-order valence-corrected chi connectivity index (χ4v) is 0.785. The van der Waals surface area contributed by atoms with Crippen molar-refractivity contribution in [3.05, 3.63) is 21.1 Å². The van der Waals surface area contributed by atoms with Crippen LogP contribution in [0, 0.1) is 0 Å². The highest BCUT2D eigenvalue weighted by Crippen LogP contribution is 2.10. The Balaban J connectivity index is 2.83. The van der Waals surface area contributed by atoms with Crippen LogP contribution in [0.25, 0.3) is 0 Å². The Morgan fingerprint density at radius 1 is 1.75 bits per heavy atom. The van der Waals surface area contributed by atoms with E-state index < -0.39 is 11.5 Å².